The minimum absolute atomic E-state index is 0.0970. The maximum Gasteiger partial charge on any atom is 0.274 e. The number of nitrogens with one attached hydrogen (secondary N) is 1. The van der Waals surface area contributed by atoms with Crippen LogP contribution in [0.1, 0.15) is 21.8 Å². The van der Waals surface area contributed by atoms with Crippen molar-refractivity contribution in [3.05, 3.63) is 59.5 Å². The zero-order valence-corrected chi connectivity index (χ0v) is 15.9. The normalized spacial score (nSPS) is 14.2. The van der Waals surface area contributed by atoms with Gasteiger partial charge in [0.1, 0.15) is 5.76 Å². The summed E-state index contributed by atoms with van der Waals surface area (Å²) in [5.41, 5.74) is 2.78. The average molecular weight is 378 g/mol. The van der Waals surface area contributed by atoms with E-state index in [9.17, 15) is 4.79 Å². The summed E-state index contributed by atoms with van der Waals surface area (Å²) in [4.78, 5) is 16.9. The molecule has 1 aromatic carbocycles. The molecule has 0 aliphatic carbocycles. The second-order valence-corrected chi connectivity index (χ2v) is 6.87. The van der Waals surface area contributed by atoms with Gasteiger partial charge in [0.15, 0.2) is 17.3 Å². The lowest BCUT2D eigenvalue weighted by Gasteiger charge is -2.36. The molecule has 0 radical (unpaired) electrons. The molecule has 0 unspecified atom stereocenters. The fourth-order valence-electron chi connectivity index (χ4n) is 3.22. The molecule has 0 bridgehead atoms. The van der Waals surface area contributed by atoms with Gasteiger partial charge in [-0.1, -0.05) is 17.3 Å². The lowest BCUT2D eigenvalue weighted by Crippen LogP contribution is -2.49. The molecular formula is C20H22N6O2. The van der Waals surface area contributed by atoms with Crippen LogP contribution in [-0.2, 0) is 0 Å². The van der Waals surface area contributed by atoms with Crippen molar-refractivity contribution in [1.29, 1.82) is 0 Å². The summed E-state index contributed by atoms with van der Waals surface area (Å²) in [6, 6.07) is 13.6. The standard InChI is InChI=1S/C20H22N6O2/c1-14-4-3-5-16(12-14)25-8-10-26(11-9-25)20(27)17-6-7-18(23-22-17)21-19-13-15(2)28-24-19/h3-7,12-13H,8-11H2,1-2H3,(H,21,23,24). The zero-order valence-electron chi connectivity index (χ0n) is 15.9. The van der Waals surface area contributed by atoms with Crippen molar-refractivity contribution in [2.75, 3.05) is 36.4 Å². The third-order valence-corrected chi connectivity index (χ3v) is 4.70. The summed E-state index contributed by atoms with van der Waals surface area (Å²) in [6.45, 7) is 6.81. The number of rotatable bonds is 4. The third-order valence-electron chi connectivity index (χ3n) is 4.70. The Morgan fingerprint density at radius 1 is 1.00 bits per heavy atom. The number of aryl methyl sites for hydroxylation is 2. The number of piperazine rings is 1. The van der Waals surface area contributed by atoms with Crippen LogP contribution >= 0.6 is 0 Å². The second kappa shape index (κ2) is 7.67. The lowest BCUT2D eigenvalue weighted by atomic mass is 10.2. The molecule has 1 aliphatic rings. The van der Waals surface area contributed by atoms with Crippen molar-refractivity contribution in [2.24, 2.45) is 0 Å². The Bertz CT molecular complexity index is 961. The highest BCUT2D eigenvalue weighted by Crippen LogP contribution is 2.19. The molecule has 28 heavy (non-hydrogen) atoms. The zero-order chi connectivity index (χ0) is 19.5. The number of aromatic nitrogens is 3. The molecule has 1 N–H and O–H groups in total. The molecule has 2 aromatic heterocycles. The van der Waals surface area contributed by atoms with Gasteiger partial charge in [-0.25, -0.2) is 0 Å². The van der Waals surface area contributed by atoms with E-state index >= 15 is 0 Å². The minimum Gasteiger partial charge on any atom is -0.368 e. The molecule has 4 rings (SSSR count). The Morgan fingerprint density at radius 3 is 2.46 bits per heavy atom. The van der Waals surface area contributed by atoms with Gasteiger partial charge < -0.3 is 19.6 Å². The number of hydrogen-bond donors (Lipinski definition) is 1. The lowest BCUT2D eigenvalue weighted by molar-refractivity contribution is 0.0739. The van der Waals surface area contributed by atoms with Crippen LogP contribution in [0.15, 0.2) is 47.0 Å². The van der Waals surface area contributed by atoms with Gasteiger partial charge in [-0.05, 0) is 43.7 Å². The van der Waals surface area contributed by atoms with Crippen LogP contribution in [0.2, 0.25) is 0 Å². The Morgan fingerprint density at radius 2 is 1.82 bits per heavy atom. The maximum absolute atomic E-state index is 12.7. The monoisotopic (exact) mass is 378 g/mol. The smallest absolute Gasteiger partial charge is 0.274 e. The van der Waals surface area contributed by atoms with E-state index in [2.05, 4.69) is 56.8 Å². The molecule has 1 aliphatic heterocycles. The van der Waals surface area contributed by atoms with E-state index < -0.39 is 0 Å². The topological polar surface area (TPSA) is 87.4 Å². The summed E-state index contributed by atoms with van der Waals surface area (Å²) in [7, 11) is 0. The van der Waals surface area contributed by atoms with E-state index in [1.165, 1.54) is 11.3 Å². The van der Waals surface area contributed by atoms with Crippen molar-refractivity contribution >= 4 is 23.2 Å². The summed E-state index contributed by atoms with van der Waals surface area (Å²) < 4.78 is 5.00. The maximum atomic E-state index is 12.7. The number of amides is 1. The van der Waals surface area contributed by atoms with Crippen LogP contribution in [0.5, 0.6) is 0 Å². The Kier molecular flexibility index (Phi) is 4.92. The van der Waals surface area contributed by atoms with E-state index in [0.29, 0.717) is 36.2 Å². The highest BCUT2D eigenvalue weighted by atomic mass is 16.5. The van der Waals surface area contributed by atoms with Crippen molar-refractivity contribution in [3.63, 3.8) is 0 Å². The Balaban J connectivity index is 1.36. The fourth-order valence-corrected chi connectivity index (χ4v) is 3.22. The molecule has 0 atom stereocenters. The van der Waals surface area contributed by atoms with Gasteiger partial charge in [-0.3, -0.25) is 4.79 Å². The van der Waals surface area contributed by atoms with E-state index in [1.807, 2.05) is 11.8 Å². The summed E-state index contributed by atoms with van der Waals surface area (Å²) in [5, 5.41) is 15.0. The van der Waals surface area contributed by atoms with E-state index in [1.54, 1.807) is 18.2 Å². The van der Waals surface area contributed by atoms with E-state index in [0.717, 1.165) is 13.1 Å². The van der Waals surface area contributed by atoms with Crippen LogP contribution in [0.25, 0.3) is 0 Å². The molecule has 1 amide bonds. The second-order valence-electron chi connectivity index (χ2n) is 6.87. The van der Waals surface area contributed by atoms with Crippen molar-refractivity contribution in [3.8, 4) is 0 Å². The van der Waals surface area contributed by atoms with Crippen LogP contribution in [0.4, 0.5) is 17.3 Å². The molecule has 0 spiro atoms. The molecule has 3 heterocycles. The Labute approximate surface area is 163 Å². The van der Waals surface area contributed by atoms with Gasteiger partial charge in [-0.2, -0.15) is 0 Å². The number of carbonyl (C=O) groups is 1. The first-order chi connectivity index (χ1) is 13.6. The number of hydrogen-bond acceptors (Lipinski definition) is 7. The van der Waals surface area contributed by atoms with Crippen molar-refractivity contribution in [2.45, 2.75) is 13.8 Å². The van der Waals surface area contributed by atoms with Crippen LogP contribution in [0, 0.1) is 13.8 Å². The quantitative estimate of drug-likeness (QED) is 0.747. The third kappa shape index (κ3) is 3.95. The van der Waals surface area contributed by atoms with Crippen molar-refractivity contribution < 1.29 is 9.32 Å². The SMILES string of the molecule is Cc1cccc(N2CCN(C(=O)c3ccc(Nc4cc(C)on4)nn3)CC2)c1. The first kappa shape index (κ1) is 18.0. The predicted molar refractivity (Wildman–Crippen MR) is 106 cm³/mol. The molecule has 8 nitrogen and oxygen atoms in total. The van der Waals surface area contributed by atoms with Gasteiger partial charge in [0.2, 0.25) is 0 Å². The van der Waals surface area contributed by atoms with Gasteiger partial charge in [0.25, 0.3) is 5.91 Å². The van der Waals surface area contributed by atoms with Gasteiger partial charge in [-0.15, -0.1) is 10.2 Å². The first-order valence-electron chi connectivity index (χ1n) is 9.23. The summed E-state index contributed by atoms with van der Waals surface area (Å²) in [5.74, 6) is 1.67. The predicted octanol–water partition coefficient (Wildman–Crippen LogP) is 2.79. The number of nitrogens with zero attached hydrogens (tertiary/aromatic N) is 5. The minimum atomic E-state index is -0.0970. The molecule has 144 valence electrons. The molecule has 8 heteroatoms. The summed E-state index contributed by atoms with van der Waals surface area (Å²) >= 11 is 0. The van der Waals surface area contributed by atoms with Crippen LogP contribution in [-0.4, -0.2) is 52.3 Å². The van der Waals surface area contributed by atoms with Gasteiger partial charge in [0, 0.05) is 37.9 Å². The number of carbonyl (C=O) groups excluding carboxylic acids is 1. The first-order valence-corrected chi connectivity index (χ1v) is 9.23. The van der Waals surface area contributed by atoms with Crippen LogP contribution < -0.4 is 10.2 Å². The highest BCUT2D eigenvalue weighted by molar-refractivity contribution is 5.92. The fraction of sp³-hybridized carbons (Fsp3) is 0.300. The van der Waals surface area contributed by atoms with Crippen molar-refractivity contribution in [1.82, 2.24) is 20.3 Å². The van der Waals surface area contributed by atoms with E-state index in [4.69, 9.17) is 4.52 Å². The molecule has 1 saturated heterocycles. The highest BCUT2D eigenvalue weighted by Gasteiger charge is 2.23. The largest absolute Gasteiger partial charge is 0.368 e. The molecule has 3 aromatic rings. The number of benzene rings is 1. The Hall–Kier alpha value is -3.42. The number of anilines is 3. The van der Waals surface area contributed by atoms with Crippen LogP contribution in [0.3, 0.4) is 0 Å². The molecule has 1 fully saturated rings. The molecule has 0 saturated carbocycles. The van der Waals surface area contributed by atoms with E-state index in [-0.39, 0.29) is 5.91 Å². The average Bonchev–Trinajstić information content (AvgIpc) is 3.13. The van der Waals surface area contributed by atoms with Gasteiger partial charge >= 0.3 is 0 Å². The molecular weight excluding hydrogens is 356 g/mol. The van der Waals surface area contributed by atoms with Gasteiger partial charge in [0.05, 0.1) is 0 Å². The summed E-state index contributed by atoms with van der Waals surface area (Å²) in [6.07, 6.45) is 0.